The average molecular weight is 921 g/mol. The van der Waals surface area contributed by atoms with Gasteiger partial charge in [0.1, 0.15) is 30.0 Å². The van der Waals surface area contributed by atoms with E-state index in [4.69, 9.17) is 23.7 Å². The zero-order chi connectivity index (χ0) is 47.5. The van der Waals surface area contributed by atoms with Crippen LogP contribution in [0.15, 0.2) is 71.8 Å². The summed E-state index contributed by atoms with van der Waals surface area (Å²) in [7, 11) is 1.60. The highest BCUT2D eigenvalue weighted by atomic mass is 16.8. The summed E-state index contributed by atoms with van der Waals surface area (Å²) in [5.74, 6) is -0.893. The van der Waals surface area contributed by atoms with E-state index >= 15 is 0 Å². The maximum absolute atomic E-state index is 14.8. The molecular weight excluding hydrogens is 849 g/mol. The number of fused-ring (bicyclic) bond motifs is 3. The number of ether oxygens (including phenoxy) is 5. The first kappa shape index (κ1) is 47.7. The predicted molar refractivity (Wildman–Crippen MR) is 252 cm³/mol. The van der Waals surface area contributed by atoms with Gasteiger partial charge in [-0.3, -0.25) is 14.4 Å². The number of carbonyl (C=O) groups is 4. The number of aliphatic hydroxyl groups is 1. The van der Waals surface area contributed by atoms with Gasteiger partial charge in [-0.2, -0.15) is 0 Å². The molecule has 2 aromatic rings. The minimum absolute atomic E-state index is 0.000594. The van der Waals surface area contributed by atoms with Crippen LogP contribution in [0.4, 0.5) is 0 Å². The van der Waals surface area contributed by atoms with Crippen molar-refractivity contribution in [3.63, 3.8) is 0 Å². The SMILES string of the molecule is CN(C(=O)C1=CC2OC(C3CC3)(C3CC3)OC2C(OC(=O)c2ccc(C=C3CCC4OC4(C)CCC4C3CC4(C)C)cc2)C1)C(Cc1ccccc1)C(=O)NC(CO)CCC(=O)OC(C)(C)C. The molecular formula is C55H72N2O10. The number of allylic oxidation sites excluding steroid dienone is 1. The van der Waals surface area contributed by atoms with Crippen molar-refractivity contribution in [1.82, 2.24) is 10.2 Å². The largest absolute Gasteiger partial charge is 0.460 e. The van der Waals surface area contributed by atoms with Gasteiger partial charge in [-0.05, 0) is 138 Å². The zero-order valence-corrected chi connectivity index (χ0v) is 40.6. The fourth-order valence-electron chi connectivity index (χ4n) is 11.7. The van der Waals surface area contributed by atoms with Crippen LogP contribution in [-0.2, 0) is 44.5 Å². The van der Waals surface area contributed by atoms with Gasteiger partial charge in [-0.15, -0.1) is 0 Å². The molecule has 6 fully saturated rings. The van der Waals surface area contributed by atoms with Gasteiger partial charge in [0, 0.05) is 43.7 Å². The van der Waals surface area contributed by atoms with Crippen LogP contribution >= 0.6 is 0 Å². The van der Waals surface area contributed by atoms with Gasteiger partial charge in [0.15, 0.2) is 5.79 Å². The molecule has 4 saturated carbocycles. The summed E-state index contributed by atoms with van der Waals surface area (Å²) < 4.78 is 31.8. The molecule has 2 amide bonds. The van der Waals surface area contributed by atoms with E-state index in [1.54, 1.807) is 27.8 Å². The number of rotatable bonds is 15. The van der Waals surface area contributed by atoms with Gasteiger partial charge < -0.3 is 39.0 Å². The molecule has 0 aromatic heterocycles. The summed E-state index contributed by atoms with van der Waals surface area (Å²) in [6.45, 7) is 12.0. The molecule has 12 nitrogen and oxygen atoms in total. The molecule has 2 aromatic carbocycles. The lowest BCUT2D eigenvalue weighted by molar-refractivity contribution is -0.209. The van der Waals surface area contributed by atoms with E-state index in [1.165, 1.54) is 23.3 Å². The van der Waals surface area contributed by atoms with E-state index in [9.17, 15) is 24.3 Å². The Balaban J connectivity index is 0.924. The van der Waals surface area contributed by atoms with Gasteiger partial charge in [0.05, 0.1) is 29.9 Å². The number of benzene rings is 2. The molecule has 5 aliphatic carbocycles. The minimum Gasteiger partial charge on any atom is -0.460 e. The van der Waals surface area contributed by atoms with E-state index < -0.39 is 72.1 Å². The van der Waals surface area contributed by atoms with Crippen molar-refractivity contribution in [2.75, 3.05) is 13.7 Å². The molecule has 2 saturated heterocycles. The van der Waals surface area contributed by atoms with Crippen molar-refractivity contribution in [1.29, 1.82) is 0 Å². The number of amides is 2. The lowest BCUT2D eigenvalue weighted by Crippen LogP contribution is -2.53. The van der Waals surface area contributed by atoms with Crippen LogP contribution < -0.4 is 5.32 Å². The molecule has 9 rings (SSSR count). The number of epoxide rings is 1. The van der Waals surface area contributed by atoms with Crippen LogP contribution in [0.25, 0.3) is 6.08 Å². The smallest absolute Gasteiger partial charge is 0.338 e. The van der Waals surface area contributed by atoms with Crippen LogP contribution in [0, 0.1) is 29.1 Å². The van der Waals surface area contributed by atoms with E-state index in [2.05, 4.69) is 32.2 Å². The number of nitrogens with zero attached hydrogens (tertiary/aromatic N) is 1. The molecule has 9 atom stereocenters. The first-order valence-electron chi connectivity index (χ1n) is 25.0. The number of esters is 2. The Bertz CT molecular complexity index is 2230. The standard InChI is InChI=1S/C55H72N2O10/c1-52(2,3)66-47(59)24-22-40(32-58)56-49(60)43(28-33-11-9-8-10-12-33)57(7)50(61)37-29-44(48-45(30-37)64-55(67-48,38-18-19-38)39-20-21-39)63-51(62)35-15-13-34(14-16-35)27-36-17-23-46-54(6,65-46)26-25-42-41(36)31-53(42,4)5/h8-16,27,30,38-46,48,58H,17-26,28-29,31-32H2,1-7H3,(H,56,60). The summed E-state index contributed by atoms with van der Waals surface area (Å²) in [6.07, 6.45) is 12.4. The van der Waals surface area contributed by atoms with Crippen LogP contribution in [0.1, 0.15) is 140 Å². The first-order valence-corrected chi connectivity index (χ1v) is 25.0. The number of carbonyl (C=O) groups excluding carboxylic acids is 4. The highest BCUT2D eigenvalue weighted by Crippen LogP contribution is 2.61. The van der Waals surface area contributed by atoms with E-state index in [0.29, 0.717) is 34.5 Å². The van der Waals surface area contributed by atoms with Crippen LogP contribution in [0.3, 0.4) is 0 Å². The summed E-state index contributed by atoms with van der Waals surface area (Å²) in [6, 6.07) is 15.4. The van der Waals surface area contributed by atoms with Gasteiger partial charge in [0.2, 0.25) is 11.8 Å². The van der Waals surface area contributed by atoms with Crippen LogP contribution in [0.5, 0.6) is 0 Å². The molecule has 9 unspecified atom stereocenters. The summed E-state index contributed by atoms with van der Waals surface area (Å²) in [5, 5.41) is 13.2. The van der Waals surface area contributed by atoms with Crippen molar-refractivity contribution < 1.29 is 48.0 Å². The molecule has 67 heavy (non-hydrogen) atoms. The molecule has 0 spiro atoms. The summed E-state index contributed by atoms with van der Waals surface area (Å²) in [4.78, 5) is 57.1. The molecule has 2 heterocycles. The number of hydrogen-bond donors (Lipinski definition) is 2. The van der Waals surface area contributed by atoms with E-state index in [0.717, 1.165) is 56.1 Å². The quantitative estimate of drug-likeness (QED) is 0.132. The molecule has 12 heteroatoms. The minimum atomic E-state index is -0.980. The Labute approximate surface area is 396 Å². The fourth-order valence-corrected chi connectivity index (χ4v) is 11.7. The Morgan fingerprint density at radius 2 is 1.63 bits per heavy atom. The summed E-state index contributed by atoms with van der Waals surface area (Å²) in [5.41, 5.74) is 3.83. The predicted octanol–water partition coefficient (Wildman–Crippen LogP) is 8.29. The van der Waals surface area contributed by atoms with Crippen molar-refractivity contribution in [3.8, 4) is 0 Å². The average Bonchev–Trinajstić information content (AvgIpc) is 4.21. The molecule has 0 bridgehead atoms. The second-order valence-electron chi connectivity index (χ2n) is 22.7. The third-order valence-electron chi connectivity index (χ3n) is 15.9. The highest BCUT2D eigenvalue weighted by molar-refractivity contribution is 5.97. The second kappa shape index (κ2) is 18.5. The second-order valence-corrected chi connectivity index (χ2v) is 22.7. The van der Waals surface area contributed by atoms with Crippen LogP contribution in [-0.4, -0.2) is 101 Å². The first-order chi connectivity index (χ1) is 31.8. The topological polar surface area (TPSA) is 153 Å². The molecule has 362 valence electrons. The highest BCUT2D eigenvalue weighted by Gasteiger charge is 2.65. The Morgan fingerprint density at radius 1 is 0.925 bits per heavy atom. The van der Waals surface area contributed by atoms with Gasteiger partial charge in [0.25, 0.3) is 0 Å². The normalized spacial score (nSPS) is 30.9. The third-order valence-corrected chi connectivity index (χ3v) is 15.9. The lowest BCUT2D eigenvalue weighted by Gasteiger charge is -2.53. The molecule has 0 radical (unpaired) electrons. The molecule has 2 N–H and O–H groups in total. The van der Waals surface area contributed by atoms with Crippen LogP contribution in [0.2, 0.25) is 0 Å². The monoisotopic (exact) mass is 921 g/mol. The maximum Gasteiger partial charge on any atom is 0.338 e. The maximum atomic E-state index is 14.8. The van der Waals surface area contributed by atoms with Crippen molar-refractivity contribution in [2.24, 2.45) is 29.1 Å². The van der Waals surface area contributed by atoms with Gasteiger partial charge in [-0.1, -0.05) is 68.0 Å². The fraction of sp³-hybridized carbons (Fsp3) is 0.636. The molecule has 2 aliphatic heterocycles. The molecule has 7 aliphatic rings. The Morgan fingerprint density at radius 3 is 2.27 bits per heavy atom. The Hall–Kier alpha value is -4.36. The van der Waals surface area contributed by atoms with Crippen molar-refractivity contribution in [3.05, 3.63) is 88.5 Å². The number of nitrogens with one attached hydrogen (secondary N) is 1. The Kier molecular flexibility index (Phi) is 13.2. The van der Waals surface area contributed by atoms with Gasteiger partial charge in [-0.25, -0.2) is 4.79 Å². The van der Waals surface area contributed by atoms with E-state index in [1.807, 2.05) is 60.7 Å². The number of aliphatic hydroxyl groups excluding tert-OH is 1. The summed E-state index contributed by atoms with van der Waals surface area (Å²) >= 11 is 0. The lowest BCUT2D eigenvalue weighted by atomic mass is 9.52. The number of hydrogen-bond acceptors (Lipinski definition) is 10. The van der Waals surface area contributed by atoms with E-state index in [-0.39, 0.29) is 43.1 Å². The zero-order valence-electron chi connectivity index (χ0n) is 40.6. The third kappa shape index (κ3) is 10.5. The van der Waals surface area contributed by atoms with Crippen molar-refractivity contribution in [2.45, 2.75) is 179 Å². The number of likely N-dealkylation sites (N-methyl/N-ethyl adjacent to an activating group) is 1. The van der Waals surface area contributed by atoms with Gasteiger partial charge >= 0.3 is 11.9 Å². The van der Waals surface area contributed by atoms with Crippen molar-refractivity contribution >= 4 is 29.8 Å².